The monoisotopic (exact) mass is 193 g/mol. The number of aromatic carboxylic acids is 1. The Labute approximate surface area is 78.9 Å². The second-order valence-corrected chi connectivity index (χ2v) is 2.70. The first-order chi connectivity index (χ1) is 6.72. The van der Waals surface area contributed by atoms with Crippen LogP contribution in [0.3, 0.4) is 0 Å². The zero-order valence-electron chi connectivity index (χ0n) is 7.35. The van der Waals surface area contributed by atoms with Gasteiger partial charge < -0.3 is 14.4 Å². The molecular formula is C9H7NO4. The van der Waals surface area contributed by atoms with Crippen LogP contribution in [-0.2, 0) is 0 Å². The molecule has 0 fully saturated rings. The molecule has 14 heavy (non-hydrogen) atoms. The molecule has 0 unspecified atom stereocenters. The van der Waals surface area contributed by atoms with Crippen LogP contribution in [-0.4, -0.2) is 23.3 Å². The van der Waals surface area contributed by atoms with Gasteiger partial charge in [0.2, 0.25) is 0 Å². The number of benzene rings is 1. The lowest BCUT2D eigenvalue weighted by Gasteiger charge is -1.97. The van der Waals surface area contributed by atoms with E-state index in [4.69, 9.17) is 14.4 Å². The van der Waals surface area contributed by atoms with Gasteiger partial charge in [-0.05, 0) is 18.2 Å². The molecule has 2 aromatic rings. The minimum atomic E-state index is -1.11. The largest absolute Gasteiger partial charge is 0.497 e. The Bertz CT molecular complexity index is 489. The third-order valence-corrected chi connectivity index (χ3v) is 1.88. The normalized spacial score (nSPS) is 10.4. The highest BCUT2D eigenvalue weighted by molar-refractivity contribution is 6.00. The number of hydrogen-bond acceptors (Lipinski definition) is 4. The van der Waals surface area contributed by atoms with E-state index in [1.165, 1.54) is 7.11 Å². The lowest BCUT2D eigenvalue weighted by molar-refractivity contribution is 0.0688. The predicted octanol–water partition coefficient (Wildman–Crippen LogP) is 1.53. The van der Waals surface area contributed by atoms with E-state index in [1.54, 1.807) is 18.2 Å². The van der Waals surface area contributed by atoms with Gasteiger partial charge >= 0.3 is 5.97 Å². The zero-order chi connectivity index (χ0) is 10.1. The second-order valence-electron chi connectivity index (χ2n) is 2.70. The maximum absolute atomic E-state index is 10.7. The van der Waals surface area contributed by atoms with Crippen molar-refractivity contribution >= 4 is 16.9 Å². The van der Waals surface area contributed by atoms with Crippen LogP contribution in [0.1, 0.15) is 10.5 Å². The van der Waals surface area contributed by atoms with Crippen molar-refractivity contribution in [3.05, 3.63) is 23.9 Å². The van der Waals surface area contributed by atoms with Gasteiger partial charge in [-0.3, -0.25) is 0 Å². The minimum absolute atomic E-state index is 0.0982. The highest BCUT2D eigenvalue weighted by atomic mass is 16.5. The summed E-state index contributed by atoms with van der Waals surface area (Å²) < 4.78 is 9.79. The molecule has 0 spiro atoms. The Balaban J connectivity index is 2.69. The fourth-order valence-corrected chi connectivity index (χ4v) is 1.20. The molecular weight excluding hydrogens is 186 g/mol. The van der Waals surface area contributed by atoms with Gasteiger partial charge in [0.05, 0.1) is 12.5 Å². The molecule has 1 aromatic carbocycles. The standard InChI is InChI=1S/C9H7NO4/c1-13-5-2-3-7-6(4-5)8(9(11)12)10-14-7/h2-4H,1H3,(H,11,12). The minimum Gasteiger partial charge on any atom is -0.497 e. The third kappa shape index (κ3) is 1.19. The van der Waals surface area contributed by atoms with Gasteiger partial charge in [0.25, 0.3) is 0 Å². The first-order valence-electron chi connectivity index (χ1n) is 3.89. The molecule has 2 rings (SSSR count). The molecule has 1 heterocycles. The molecule has 0 saturated carbocycles. The SMILES string of the molecule is COc1ccc2onc(C(=O)O)c2c1. The number of carboxylic acids is 1. The van der Waals surface area contributed by atoms with Gasteiger partial charge in [0.15, 0.2) is 11.3 Å². The van der Waals surface area contributed by atoms with Crippen molar-refractivity contribution in [1.29, 1.82) is 0 Å². The number of carboxylic acid groups (broad SMARTS) is 1. The lowest BCUT2D eigenvalue weighted by Crippen LogP contribution is -1.96. The van der Waals surface area contributed by atoms with Crippen molar-refractivity contribution in [2.45, 2.75) is 0 Å². The molecule has 1 N–H and O–H groups in total. The number of hydrogen-bond donors (Lipinski definition) is 1. The first-order valence-corrected chi connectivity index (χ1v) is 3.89. The van der Waals surface area contributed by atoms with Crippen LogP contribution in [0.2, 0.25) is 0 Å². The number of carbonyl (C=O) groups is 1. The number of fused-ring (bicyclic) bond motifs is 1. The van der Waals surface area contributed by atoms with Crippen molar-refractivity contribution in [2.75, 3.05) is 7.11 Å². The van der Waals surface area contributed by atoms with Gasteiger partial charge in [0, 0.05) is 0 Å². The Morgan fingerprint density at radius 2 is 2.36 bits per heavy atom. The molecule has 0 aliphatic rings. The molecule has 72 valence electrons. The number of aromatic nitrogens is 1. The fourth-order valence-electron chi connectivity index (χ4n) is 1.20. The summed E-state index contributed by atoms with van der Waals surface area (Å²) in [7, 11) is 1.51. The van der Waals surface area contributed by atoms with Crippen LogP contribution in [0.25, 0.3) is 11.0 Å². The Hall–Kier alpha value is -2.04. The van der Waals surface area contributed by atoms with E-state index < -0.39 is 5.97 Å². The predicted molar refractivity (Wildman–Crippen MR) is 47.5 cm³/mol. The van der Waals surface area contributed by atoms with Gasteiger partial charge in [-0.2, -0.15) is 0 Å². The van der Waals surface area contributed by atoms with Gasteiger partial charge in [-0.25, -0.2) is 4.79 Å². The highest BCUT2D eigenvalue weighted by Crippen LogP contribution is 2.23. The van der Waals surface area contributed by atoms with Crippen molar-refractivity contribution in [2.24, 2.45) is 0 Å². The van der Waals surface area contributed by atoms with Gasteiger partial charge in [-0.15, -0.1) is 0 Å². The molecule has 0 atom stereocenters. The summed E-state index contributed by atoms with van der Waals surface area (Å²) in [5, 5.41) is 12.7. The van der Waals surface area contributed by atoms with Crippen LogP contribution in [0, 0.1) is 0 Å². The van der Waals surface area contributed by atoms with Crippen LogP contribution in [0.4, 0.5) is 0 Å². The molecule has 0 saturated heterocycles. The summed E-state index contributed by atoms with van der Waals surface area (Å²) in [5.74, 6) is -0.541. The van der Waals surface area contributed by atoms with E-state index in [0.29, 0.717) is 16.7 Å². The maximum Gasteiger partial charge on any atom is 0.358 e. The number of rotatable bonds is 2. The van der Waals surface area contributed by atoms with E-state index in [9.17, 15) is 4.79 Å². The summed E-state index contributed by atoms with van der Waals surface area (Å²) in [5.41, 5.74) is 0.335. The van der Waals surface area contributed by atoms with E-state index in [-0.39, 0.29) is 5.69 Å². The van der Waals surface area contributed by atoms with E-state index >= 15 is 0 Å². The van der Waals surface area contributed by atoms with Crippen molar-refractivity contribution in [1.82, 2.24) is 5.16 Å². The summed E-state index contributed by atoms with van der Waals surface area (Å²) >= 11 is 0. The van der Waals surface area contributed by atoms with Gasteiger partial charge in [-0.1, -0.05) is 5.16 Å². The number of nitrogens with zero attached hydrogens (tertiary/aromatic N) is 1. The molecule has 1 aromatic heterocycles. The summed E-state index contributed by atoms with van der Waals surface area (Å²) in [6, 6.07) is 4.88. The topological polar surface area (TPSA) is 72.6 Å². The molecule has 5 heteroatoms. The van der Waals surface area contributed by atoms with Crippen molar-refractivity contribution in [3.63, 3.8) is 0 Å². The Morgan fingerprint density at radius 1 is 1.57 bits per heavy atom. The lowest BCUT2D eigenvalue weighted by atomic mass is 10.2. The van der Waals surface area contributed by atoms with Crippen LogP contribution >= 0.6 is 0 Å². The summed E-state index contributed by atoms with van der Waals surface area (Å²) in [6.45, 7) is 0. The molecule has 5 nitrogen and oxygen atoms in total. The van der Waals surface area contributed by atoms with Crippen LogP contribution in [0.15, 0.2) is 22.7 Å². The molecule has 0 radical (unpaired) electrons. The van der Waals surface area contributed by atoms with Crippen molar-refractivity contribution in [3.8, 4) is 5.75 Å². The van der Waals surface area contributed by atoms with Gasteiger partial charge in [0.1, 0.15) is 5.75 Å². The van der Waals surface area contributed by atoms with Crippen LogP contribution < -0.4 is 4.74 Å². The Kier molecular flexibility index (Phi) is 1.85. The average molecular weight is 193 g/mol. The van der Waals surface area contributed by atoms with E-state index in [0.717, 1.165) is 0 Å². The second kappa shape index (κ2) is 3.02. The van der Waals surface area contributed by atoms with Crippen molar-refractivity contribution < 1.29 is 19.2 Å². The molecule has 0 aliphatic carbocycles. The molecule has 0 bridgehead atoms. The van der Waals surface area contributed by atoms with E-state index in [2.05, 4.69) is 5.16 Å². The maximum atomic E-state index is 10.7. The third-order valence-electron chi connectivity index (χ3n) is 1.88. The van der Waals surface area contributed by atoms with Crippen LogP contribution in [0.5, 0.6) is 5.75 Å². The van der Waals surface area contributed by atoms with E-state index in [1.807, 2.05) is 0 Å². The smallest absolute Gasteiger partial charge is 0.358 e. The first kappa shape index (κ1) is 8.55. The summed E-state index contributed by atoms with van der Waals surface area (Å²) in [4.78, 5) is 10.7. The fraction of sp³-hybridized carbons (Fsp3) is 0.111. The molecule has 0 amide bonds. The zero-order valence-corrected chi connectivity index (χ0v) is 7.35. The highest BCUT2D eigenvalue weighted by Gasteiger charge is 2.14. The number of methoxy groups -OCH3 is 1. The average Bonchev–Trinajstić information content (AvgIpc) is 2.59. The Morgan fingerprint density at radius 3 is 3.00 bits per heavy atom. The summed E-state index contributed by atoms with van der Waals surface area (Å²) in [6.07, 6.45) is 0. The quantitative estimate of drug-likeness (QED) is 0.782. The number of ether oxygens (including phenoxy) is 1. The molecule has 0 aliphatic heterocycles.